The minimum atomic E-state index is -2.14. The molecule has 0 aromatic heterocycles. The van der Waals surface area contributed by atoms with Gasteiger partial charge in [-0.1, -0.05) is 0 Å². The molecular formula is C17H44Cl2Si4Sn2. The molecule has 8 heteroatoms. The van der Waals surface area contributed by atoms with Crippen LogP contribution >= 0.6 is 17.8 Å². The van der Waals surface area contributed by atoms with Gasteiger partial charge in [0.25, 0.3) is 0 Å². The van der Waals surface area contributed by atoms with Gasteiger partial charge in [0.15, 0.2) is 0 Å². The van der Waals surface area contributed by atoms with E-state index in [0.717, 1.165) is 6.36 Å². The zero-order valence-electron chi connectivity index (χ0n) is 19.4. The topological polar surface area (TPSA) is 0 Å². The second-order valence-corrected chi connectivity index (χ2v) is 65.6. The molecule has 0 aromatic rings. The Kier molecular flexibility index (Phi) is 10.1. The van der Waals surface area contributed by atoms with Gasteiger partial charge in [-0.2, -0.15) is 0 Å². The Balaban J connectivity index is 6.09. The van der Waals surface area contributed by atoms with E-state index in [-0.39, 0.29) is 0 Å². The third-order valence-corrected chi connectivity index (χ3v) is 100. The molecule has 0 rings (SSSR count). The van der Waals surface area contributed by atoms with E-state index >= 15 is 0 Å². The van der Waals surface area contributed by atoms with Crippen LogP contribution in [0.3, 0.4) is 0 Å². The van der Waals surface area contributed by atoms with Gasteiger partial charge in [0.05, 0.1) is 0 Å². The van der Waals surface area contributed by atoms with Crippen molar-refractivity contribution in [1.82, 2.24) is 0 Å². The number of hydrogen-bond donors (Lipinski definition) is 0. The molecule has 0 aliphatic heterocycles. The molecule has 0 saturated carbocycles. The molecule has 0 aliphatic rings. The van der Waals surface area contributed by atoms with Crippen LogP contribution in [-0.4, -0.2) is 69.6 Å². The second-order valence-electron chi connectivity index (χ2n) is 12.7. The first kappa shape index (κ1) is 28.0. The van der Waals surface area contributed by atoms with Gasteiger partial charge in [-0.05, 0) is 0 Å². The molecule has 0 atom stereocenters. The van der Waals surface area contributed by atoms with Crippen LogP contribution < -0.4 is 0 Å². The van der Waals surface area contributed by atoms with E-state index in [1.54, 1.807) is 0 Å². The molecule has 25 heavy (non-hydrogen) atoms. The predicted molar refractivity (Wildman–Crippen MR) is 138 cm³/mol. The summed E-state index contributed by atoms with van der Waals surface area (Å²) in [6, 6.07) is 0. The Hall–Kier alpha value is 3.04. The summed E-state index contributed by atoms with van der Waals surface area (Å²) in [7, 11) is 10.2. The fourth-order valence-electron chi connectivity index (χ4n) is 4.95. The van der Waals surface area contributed by atoms with E-state index in [0.29, 0.717) is 1.45 Å². The molecule has 2 radical (unpaired) electrons. The molecular weight excluding hydrogens is 625 g/mol. The van der Waals surface area contributed by atoms with Crippen molar-refractivity contribution in [2.24, 2.45) is 0 Å². The molecule has 0 fully saturated rings. The molecule has 0 aliphatic carbocycles. The summed E-state index contributed by atoms with van der Waals surface area (Å²) < 4.78 is 2.18. The first-order valence-corrected chi connectivity index (χ1v) is 37.3. The normalized spacial score (nSPS) is 15.8. The molecule has 0 spiro atoms. The molecule has 0 N–H and O–H groups in total. The van der Waals surface area contributed by atoms with Crippen LogP contribution in [0.15, 0.2) is 0 Å². The molecule has 0 amide bonds. The van der Waals surface area contributed by atoms with Crippen LogP contribution in [0, 0.1) is 0 Å². The van der Waals surface area contributed by atoms with Crippen molar-refractivity contribution in [1.29, 1.82) is 0 Å². The quantitative estimate of drug-likeness (QED) is 0.230. The number of halogens is 2. The standard InChI is InChI=1S/2C7H19Si2.C3H6.2ClH.2Sn/c2*1-8(2,3)7-9(4,5)6;1-3-2;;;;/h2*7H,1-6H3;1-2H3;2*1H;;/q;;;;;2*+1/p-2. The van der Waals surface area contributed by atoms with Gasteiger partial charge in [0.2, 0.25) is 0 Å². The average Bonchev–Trinajstić information content (AvgIpc) is 2.19. The van der Waals surface area contributed by atoms with Gasteiger partial charge in [-0.15, -0.1) is 0 Å². The molecule has 0 aromatic carbocycles. The van der Waals surface area contributed by atoms with Gasteiger partial charge < -0.3 is 0 Å². The van der Waals surface area contributed by atoms with E-state index in [4.69, 9.17) is 17.8 Å². The minimum absolute atomic E-state index is 0.351. The van der Waals surface area contributed by atoms with Gasteiger partial charge in [0.1, 0.15) is 0 Å². The molecule has 0 nitrogen and oxygen atoms in total. The van der Waals surface area contributed by atoms with Crippen molar-refractivity contribution in [3.05, 3.63) is 0 Å². The fourth-order valence-corrected chi connectivity index (χ4v) is 128. The number of hydrogen-bond acceptors (Lipinski definition) is 0. The summed E-state index contributed by atoms with van der Waals surface area (Å²) >= 11 is -4.29. The van der Waals surface area contributed by atoms with Crippen molar-refractivity contribution in [3.8, 4) is 0 Å². The van der Waals surface area contributed by atoms with Crippen LogP contribution in [0.5, 0.6) is 0 Å². The van der Waals surface area contributed by atoms with E-state index in [1.165, 1.54) is 0 Å². The van der Waals surface area contributed by atoms with Gasteiger partial charge in [-0.3, -0.25) is 0 Å². The SMILES string of the molecule is C[C](C)([Sn]([Cl])[CH]([Si](C)(C)C)[Si](C)(C)C)[Sn]([Cl])[CH]([Si](C)(C)C)[Si](C)(C)C. The van der Waals surface area contributed by atoms with Gasteiger partial charge >= 0.3 is 188 Å². The Bertz CT molecular complexity index is 378. The van der Waals surface area contributed by atoms with E-state index in [2.05, 4.69) is 92.4 Å². The first-order valence-electron chi connectivity index (χ1n) is 9.61. The molecule has 0 heterocycles. The first-order chi connectivity index (χ1) is 10.6. The van der Waals surface area contributed by atoms with Crippen LogP contribution in [0.4, 0.5) is 0 Å². The summed E-state index contributed by atoms with van der Waals surface area (Å²) in [6.45, 7) is 35.9. The Morgan fingerprint density at radius 1 is 0.520 bits per heavy atom. The Labute approximate surface area is 185 Å². The van der Waals surface area contributed by atoms with Crippen molar-refractivity contribution in [2.75, 3.05) is 0 Å². The summed E-state index contributed by atoms with van der Waals surface area (Å²) in [5.74, 6) is 0. The van der Waals surface area contributed by atoms with Gasteiger partial charge in [0, 0.05) is 0 Å². The van der Waals surface area contributed by atoms with Crippen LogP contribution in [-0.2, 0) is 0 Å². The van der Waals surface area contributed by atoms with E-state index in [9.17, 15) is 0 Å². The summed E-state index contributed by atoms with van der Waals surface area (Å²) in [4.78, 5) is 0. The number of rotatable bonds is 8. The van der Waals surface area contributed by atoms with E-state index < -0.39 is 69.6 Å². The third-order valence-electron chi connectivity index (χ3n) is 5.17. The summed E-state index contributed by atoms with van der Waals surface area (Å²) in [6.07, 6.45) is 0. The fraction of sp³-hybridized carbons (Fsp3) is 1.00. The molecule has 150 valence electrons. The van der Waals surface area contributed by atoms with Crippen LogP contribution in [0.25, 0.3) is 0 Å². The monoisotopic (exact) mass is 670 g/mol. The zero-order chi connectivity index (χ0) is 20.8. The Morgan fingerprint density at radius 2 is 0.680 bits per heavy atom. The van der Waals surface area contributed by atoms with Crippen LogP contribution in [0.1, 0.15) is 13.8 Å². The third kappa shape index (κ3) is 7.66. The average molecular weight is 669 g/mol. The predicted octanol–water partition coefficient (Wildman–Crippen LogP) is 8.02. The molecule has 0 bridgehead atoms. The van der Waals surface area contributed by atoms with Crippen LogP contribution in [0.2, 0.25) is 86.4 Å². The molecule has 0 unspecified atom stereocenters. The Morgan fingerprint density at radius 3 is 0.800 bits per heavy atom. The van der Waals surface area contributed by atoms with Crippen molar-refractivity contribution >= 4 is 87.4 Å². The van der Waals surface area contributed by atoms with Crippen molar-refractivity contribution in [3.63, 3.8) is 0 Å². The molecule has 0 saturated heterocycles. The second kappa shape index (κ2) is 9.04. The van der Waals surface area contributed by atoms with E-state index in [1.807, 2.05) is 0 Å². The maximum atomic E-state index is 7.61. The summed E-state index contributed by atoms with van der Waals surface area (Å²) in [5, 5.41) is 0. The van der Waals surface area contributed by atoms with Gasteiger partial charge in [-0.25, -0.2) is 0 Å². The van der Waals surface area contributed by atoms with Crippen molar-refractivity contribution in [2.45, 2.75) is 100 Å². The maximum absolute atomic E-state index is 7.61. The summed E-state index contributed by atoms with van der Waals surface area (Å²) in [5.41, 5.74) is 0. The van der Waals surface area contributed by atoms with Crippen molar-refractivity contribution < 1.29 is 0 Å². The zero-order valence-corrected chi connectivity index (χ0v) is 30.6.